The SMILES string of the molecule is O=C1S/C(=C/c2ccccc2OCc2ccc(Cl)cc2Cl)C(=O)N1Cc1ccccc1[N+](=O)[O-]. The van der Waals surface area contributed by atoms with Crippen molar-refractivity contribution >= 4 is 57.9 Å². The Labute approximate surface area is 209 Å². The van der Waals surface area contributed by atoms with E-state index in [9.17, 15) is 19.7 Å². The zero-order chi connectivity index (χ0) is 24.2. The highest BCUT2D eigenvalue weighted by molar-refractivity contribution is 8.18. The van der Waals surface area contributed by atoms with Crippen LogP contribution >= 0.6 is 35.0 Å². The number of hydrogen-bond donors (Lipinski definition) is 0. The van der Waals surface area contributed by atoms with Crippen LogP contribution in [-0.2, 0) is 17.9 Å². The summed E-state index contributed by atoms with van der Waals surface area (Å²) in [4.78, 5) is 37.4. The van der Waals surface area contributed by atoms with Gasteiger partial charge in [0.05, 0.1) is 16.4 Å². The second-order valence-electron chi connectivity index (χ2n) is 7.22. The Morgan fingerprint density at radius 3 is 2.50 bits per heavy atom. The zero-order valence-corrected chi connectivity index (χ0v) is 19.8. The molecule has 1 fully saturated rings. The maximum Gasteiger partial charge on any atom is 0.293 e. The molecule has 0 aromatic heterocycles. The summed E-state index contributed by atoms with van der Waals surface area (Å²) in [7, 11) is 0. The minimum atomic E-state index is -0.537. The van der Waals surface area contributed by atoms with Gasteiger partial charge in [-0.15, -0.1) is 0 Å². The van der Waals surface area contributed by atoms with Gasteiger partial charge in [-0.1, -0.05) is 65.7 Å². The van der Waals surface area contributed by atoms with Gasteiger partial charge in [-0.2, -0.15) is 0 Å². The molecule has 1 aliphatic heterocycles. The number of imide groups is 1. The number of nitrogens with zero attached hydrogens (tertiary/aromatic N) is 2. The third kappa shape index (κ3) is 5.25. The van der Waals surface area contributed by atoms with Crippen molar-refractivity contribution in [3.05, 3.63) is 108 Å². The van der Waals surface area contributed by atoms with E-state index in [2.05, 4.69) is 0 Å². The topological polar surface area (TPSA) is 89.8 Å². The van der Waals surface area contributed by atoms with E-state index in [4.69, 9.17) is 27.9 Å². The highest BCUT2D eigenvalue weighted by atomic mass is 35.5. The number of carbonyl (C=O) groups is 2. The summed E-state index contributed by atoms with van der Waals surface area (Å²) in [5.74, 6) is -0.0253. The number of ether oxygens (including phenoxy) is 1. The van der Waals surface area contributed by atoms with Crippen LogP contribution in [0, 0.1) is 10.1 Å². The van der Waals surface area contributed by atoms with E-state index < -0.39 is 16.1 Å². The highest BCUT2D eigenvalue weighted by Gasteiger charge is 2.36. The molecule has 1 saturated heterocycles. The molecule has 2 amide bonds. The van der Waals surface area contributed by atoms with Crippen LogP contribution in [0.1, 0.15) is 16.7 Å². The van der Waals surface area contributed by atoms with Gasteiger partial charge in [-0.25, -0.2) is 0 Å². The molecule has 0 saturated carbocycles. The normalized spacial score (nSPS) is 14.6. The predicted molar refractivity (Wildman–Crippen MR) is 132 cm³/mol. The molecular weight excluding hydrogens is 499 g/mol. The lowest BCUT2D eigenvalue weighted by atomic mass is 10.1. The molecule has 7 nitrogen and oxygen atoms in total. The Balaban J connectivity index is 1.54. The first-order valence-corrected chi connectivity index (χ1v) is 11.5. The van der Waals surface area contributed by atoms with Gasteiger partial charge >= 0.3 is 0 Å². The lowest BCUT2D eigenvalue weighted by Crippen LogP contribution is -2.27. The molecule has 0 spiro atoms. The molecule has 0 N–H and O–H groups in total. The minimum Gasteiger partial charge on any atom is -0.488 e. The van der Waals surface area contributed by atoms with Gasteiger partial charge in [0, 0.05) is 32.8 Å². The Morgan fingerprint density at radius 2 is 1.74 bits per heavy atom. The van der Waals surface area contributed by atoms with E-state index >= 15 is 0 Å². The van der Waals surface area contributed by atoms with Crippen LogP contribution in [0.3, 0.4) is 0 Å². The molecule has 0 bridgehead atoms. The summed E-state index contributed by atoms with van der Waals surface area (Å²) < 4.78 is 5.91. The average Bonchev–Trinajstić information content (AvgIpc) is 3.07. The van der Waals surface area contributed by atoms with E-state index in [-0.39, 0.29) is 29.3 Å². The smallest absolute Gasteiger partial charge is 0.293 e. The standard InChI is InChI=1S/C24H16Cl2N2O5S/c25-18-10-9-17(19(26)12-18)14-33-21-8-4-2-5-15(21)11-22-23(29)27(24(30)34-22)13-16-6-1-3-7-20(16)28(31)32/h1-12H,13-14H2/b22-11+. The van der Waals surface area contributed by atoms with E-state index in [0.717, 1.165) is 22.2 Å². The molecule has 1 heterocycles. The van der Waals surface area contributed by atoms with Crippen molar-refractivity contribution < 1.29 is 19.2 Å². The first-order chi connectivity index (χ1) is 16.3. The number of hydrogen-bond acceptors (Lipinski definition) is 6. The van der Waals surface area contributed by atoms with Crippen molar-refractivity contribution in [3.63, 3.8) is 0 Å². The van der Waals surface area contributed by atoms with Gasteiger partial charge in [-0.05, 0) is 36.0 Å². The molecule has 3 aromatic rings. The average molecular weight is 515 g/mol. The Hall–Kier alpha value is -3.33. The van der Waals surface area contributed by atoms with Crippen molar-refractivity contribution in [3.8, 4) is 5.75 Å². The first kappa shape index (κ1) is 23.8. The lowest BCUT2D eigenvalue weighted by molar-refractivity contribution is -0.385. The van der Waals surface area contributed by atoms with Gasteiger partial charge in [0.25, 0.3) is 16.8 Å². The highest BCUT2D eigenvalue weighted by Crippen LogP contribution is 2.36. The largest absolute Gasteiger partial charge is 0.488 e. The maximum absolute atomic E-state index is 12.9. The van der Waals surface area contributed by atoms with Gasteiger partial charge in [0.2, 0.25) is 0 Å². The molecule has 3 aromatic carbocycles. The van der Waals surface area contributed by atoms with Crippen LogP contribution < -0.4 is 4.74 Å². The van der Waals surface area contributed by atoms with E-state index in [1.54, 1.807) is 54.6 Å². The number of nitro benzene ring substituents is 1. The second-order valence-corrected chi connectivity index (χ2v) is 9.05. The van der Waals surface area contributed by atoms with E-state index in [0.29, 0.717) is 21.4 Å². The zero-order valence-electron chi connectivity index (χ0n) is 17.4. The minimum absolute atomic E-state index is 0.148. The first-order valence-electron chi connectivity index (χ1n) is 9.97. The molecule has 0 radical (unpaired) electrons. The number of carbonyl (C=O) groups excluding carboxylic acids is 2. The van der Waals surface area contributed by atoms with Crippen molar-refractivity contribution in [2.45, 2.75) is 13.2 Å². The molecule has 0 atom stereocenters. The Bertz CT molecular complexity index is 1330. The number of rotatable bonds is 7. The summed E-state index contributed by atoms with van der Waals surface area (Å²) in [5, 5.41) is 11.8. The third-order valence-electron chi connectivity index (χ3n) is 4.99. The number of halogens is 2. The monoisotopic (exact) mass is 514 g/mol. The molecular formula is C24H16Cl2N2O5S. The van der Waals surface area contributed by atoms with Gasteiger partial charge in [0.1, 0.15) is 12.4 Å². The third-order valence-corrected chi connectivity index (χ3v) is 6.49. The molecule has 172 valence electrons. The fraction of sp³-hybridized carbons (Fsp3) is 0.0833. The molecule has 0 aliphatic carbocycles. The molecule has 0 unspecified atom stereocenters. The lowest BCUT2D eigenvalue weighted by Gasteiger charge is -2.13. The van der Waals surface area contributed by atoms with Crippen molar-refractivity contribution in [1.82, 2.24) is 4.90 Å². The van der Waals surface area contributed by atoms with Crippen LogP contribution in [0.15, 0.2) is 71.6 Å². The van der Waals surface area contributed by atoms with Crippen LogP contribution in [0.2, 0.25) is 10.0 Å². The van der Waals surface area contributed by atoms with Gasteiger partial charge < -0.3 is 4.74 Å². The molecule has 10 heteroatoms. The van der Waals surface area contributed by atoms with Crippen molar-refractivity contribution in [2.75, 3.05) is 0 Å². The fourth-order valence-corrected chi connectivity index (χ4v) is 4.59. The summed E-state index contributed by atoms with van der Waals surface area (Å²) in [6.45, 7) is -0.00756. The maximum atomic E-state index is 12.9. The quantitative estimate of drug-likeness (QED) is 0.197. The van der Waals surface area contributed by atoms with Crippen LogP contribution in [0.25, 0.3) is 6.08 Å². The van der Waals surface area contributed by atoms with Crippen LogP contribution in [0.5, 0.6) is 5.75 Å². The number of amides is 2. The molecule has 1 aliphatic rings. The van der Waals surface area contributed by atoms with Crippen LogP contribution in [-0.4, -0.2) is 21.0 Å². The van der Waals surface area contributed by atoms with Crippen LogP contribution in [0.4, 0.5) is 10.5 Å². The molecule has 4 rings (SSSR count). The number of nitro groups is 1. The molecule has 34 heavy (non-hydrogen) atoms. The van der Waals surface area contributed by atoms with Crippen molar-refractivity contribution in [1.29, 1.82) is 0 Å². The Morgan fingerprint density at radius 1 is 1.00 bits per heavy atom. The van der Waals surface area contributed by atoms with Gasteiger partial charge in [-0.3, -0.25) is 24.6 Å². The predicted octanol–water partition coefficient (Wildman–Crippen LogP) is 6.72. The summed E-state index contributed by atoms with van der Waals surface area (Å²) in [6.07, 6.45) is 1.57. The number of thioether (sulfide) groups is 1. The second kappa shape index (κ2) is 10.3. The van der Waals surface area contributed by atoms with E-state index in [1.165, 1.54) is 18.2 Å². The Kier molecular flexibility index (Phi) is 7.21. The number of benzene rings is 3. The summed E-state index contributed by atoms with van der Waals surface area (Å²) in [5.41, 5.74) is 1.47. The van der Waals surface area contributed by atoms with Crippen molar-refractivity contribution in [2.24, 2.45) is 0 Å². The summed E-state index contributed by atoms with van der Waals surface area (Å²) >= 11 is 12.9. The van der Waals surface area contributed by atoms with Gasteiger partial charge in [0.15, 0.2) is 0 Å². The fourth-order valence-electron chi connectivity index (χ4n) is 3.30. The van der Waals surface area contributed by atoms with E-state index in [1.807, 2.05) is 0 Å². The number of para-hydroxylation sites is 2. The summed E-state index contributed by atoms with van der Waals surface area (Å²) in [6, 6.07) is 18.2.